The number of hydrogen-bond donors (Lipinski definition) is 2. The maximum atomic E-state index is 12.6. The zero-order valence-corrected chi connectivity index (χ0v) is 19.5. The summed E-state index contributed by atoms with van der Waals surface area (Å²) in [5, 5.41) is 5.68. The molecule has 4 atom stereocenters. The van der Waals surface area contributed by atoms with Crippen molar-refractivity contribution in [3.05, 3.63) is 0 Å². The first kappa shape index (κ1) is 24.4. The van der Waals surface area contributed by atoms with E-state index < -0.39 is 29.3 Å². The first-order chi connectivity index (χ1) is 13.7. The minimum absolute atomic E-state index is 0.108. The van der Waals surface area contributed by atoms with E-state index in [-0.39, 0.29) is 24.8 Å². The second-order valence-corrected chi connectivity index (χ2v) is 10.6. The predicted molar refractivity (Wildman–Crippen MR) is 114 cm³/mol. The number of carbonyl (C=O) groups is 3. The van der Waals surface area contributed by atoms with Crippen molar-refractivity contribution in [1.82, 2.24) is 15.5 Å². The molecule has 2 rings (SSSR count). The van der Waals surface area contributed by atoms with Gasteiger partial charge in [-0.05, 0) is 80.7 Å². The number of nitrogens with one attached hydrogen (secondary N) is 2. The largest absolute Gasteiger partial charge is 0.458 e. The second-order valence-electron chi connectivity index (χ2n) is 10.6. The van der Waals surface area contributed by atoms with Crippen molar-refractivity contribution in [1.29, 1.82) is 0 Å². The summed E-state index contributed by atoms with van der Waals surface area (Å²) in [6.07, 6.45) is 3.88. The van der Waals surface area contributed by atoms with Gasteiger partial charge in [0.05, 0.1) is 0 Å². The molecule has 0 saturated carbocycles. The first-order valence-electron chi connectivity index (χ1n) is 11.0. The molecule has 0 aliphatic carbocycles. The number of alkyl carbamates (subject to hydrolysis) is 1. The van der Waals surface area contributed by atoms with Crippen LogP contribution >= 0.6 is 0 Å². The number of piperidine rings is 1. The van der Waals surface area contributed by atoms with Crippen molar-refractivity contribution in [2.24, 2.45) is 0 Å². The fraction of sp³-hybridized carbons (Fsp3) is 0.864. The third kappa shape index (κ3) is 7.78. The Bertz CT molecular complexity index is 624. The van der Waals surface area contributed by atoms with Crippen LogP contribution in [0.3, 0.4) is 0 Å². The highest BCUT2D eigenvalue weighted by molar-refractivity contribution is 5.83. The Hall–Kier alpha value is -1.83. The molecule has 0 radical (unpaired) electrons. The molecule has 2 fully saturated rings. The van der Waals surface area contributed by atoms with Crippen molar-refractivity contribution >= 4 is 18.0 Å². The van der Waals surface area contributed by atoms with Gasteiger partial charge in [0, 0.05) is 24.5 Å². The van der Waals surface area contributed by atoms with Gasteiger partial charge in [-0.1, -0.05) is 0 Å². The van der Waals surface area contributed by atoms with E-state index in [4.69, 9.17) is 9.47 Å². The fourth-order valence-corrected chi connectivity index (χ4v) is 4.18. The van der Waals surface area contributed by atoms with Gasteiger partial charge in [0.1, 0.15) is 17.2 Å². The van der Waals surface area contributed by atoms with Crippen molar-refractivity contribution in [3.63, 3.8) is 0 Å². The van der Waals surface area contributed by atoms with Crippen LogP contribution in [0, 0.1) is 0 Å². The lowest BCUT2D eigenvalue weighted by Gasteiger charge is -2.36. The van der Waals surface area contributed by atoms with Crippen molar-refractivity contribution in [2.45, 2.75) is 115 Å². The van der Waals surface area contributed by atoms with Gasteiger partial charge in [-0.25, -0.2) is 9.59 Å². The maximum Gasteiger partial charge on any atom is 0.408 e. The molecule has 0 unspecified atom stereocenters. The van der Waals surface area contributed by atoms with E-state index in [9.17, 15) is 14.4 Å². The van der Waals surface area contributed by atoms with E-state index in [0.29, 0.717) is 12.1 Å². The minimum atomic E-state index is -0.946. The topological polar surface area (TPSA) is 97.0 Å². The molecule has 30 heavy (non-hydrogen) atoms. The van der Waals surface area contributed by atoms with Crippen LogP contribution in [0.1, 0.15) is 80.1 Å². The molecule has 8 heteroatoms. The SMILES string of the molecule is CN1[C@@H]2CC[C@H]1C[C@@H](NC(=O)CC[C@H](NC(=O)OC(C)(C)C)C(=O)OC(C)(C)C)C2. The van der Waals surface area contributed by atoms with Gasteiger partial charge in [-0.15, -0.1) is 0 Å². The molecular formula is C22H39N3O5. The number of amides is 2. The van der Waals surface area contributed by atoms with E-state index >= 15 is 0 Å². The number of fused-ring (bicyclic) bond motifs is 2. The molecule has 0 aromatic heterocycles. The number of rotatable bonds is 6. The molecule has 2 amide bonds. The van der Waals surface area contributed by atoms with Gasteiger partial charge in [0.2, 0.25) is 5.91 Å². The fourth-order valence-electron chi connectivity index (χ4n) is 4.18. The van der Waals surface area contributed by atoms with Gasteiger partial charge in [0.15, 0.2) is 0 Å². The van der Waals surface area contributed by atoms with Gasteiger partial charge in [-0.2, -0.15) is 0 Å². The van der Waals surface area contributed by atoms with Crippen LogP contribution in [0.2, 0.25) is 0 Å². The summed E-state index contributed by atoms with van der Waals surface area (Å²) in [5.41, 5.74) is -1.38. The Balaban J connectivity index is 1.89. The third-order valence-corrected chi connectivity index (χ3v) is 5.51. The van der Waals surface area contributed by atoms with Crippen LogP contribution in [-0.4, -0.2) is 65.3 Å². The maximum absolute atomic E-state index is 12.6. The van der Waals surface area contributed by atoms with Crippen LogP contribution < -0.4 is 10.6 Å². The summed E-state index contributed by atoms with van der Waals surface area (Å²) in [7, 11) is 2.16. The van der Waals surface area contributed by atoms with Gasteiger partial charge < -0.3 is 25.0 Å². The second kappa shape index (κ2) is 9.54. The third-order valence-electron chi connectivity index (χ3n) is 5.51. The summed E-state index contributed by atoms with van der Waals surface area (Å²) in [6.45, 7) is 10.5. The quantitative estimate of drug-likeness (QED) is 0.635. The van der Waals surface area contributed by atoms with Crippen LogP contribution in [0.25, 0.3) is 0 Å². The van der Waals surface area contributed by atoms with E-state index in [1.54, 1.807) is 41.5 Å². The highest BCUT2D eigenvalue weighted by Crippen LogP contribution is 2.34. The first-order valence-corrected chi connectivity index (χ1v) is 11.0. The predicted octanol–water partition coefficient (Wildman–Crippen LogP) is 2.74. The number of esters is 1. The van der Waals surface area contributed by atoms with Gasteiger partial charge in [0.25, 0.3) is 0 Å². The summed E-state index contributed by atoms with van der Waals surface area (Å²) >= 11 is 0. The van der Waals surface area contributed by atoms with E-state index in [2.05, 4.69) is 22.6 Å². The smallest absolute Gasteiger partial charge is 0.408 e. The zero-order chi connectivity index (χ0) is 22.7. The molecule has 2 N–H and O–H groups in total. The lowest BCUT2D eigenvalue weighted by molar-refractivity contribution is -0.157. The van der Waals surface area contributed by atoms with Crippen LogP contribution in [-0.2, 0) is 19.1 Å². The molecule has 0 aromatic rings. The minimum Gasteiger partial charge on any atom is -0.458 e. The van der Waals surface area contributed by atoms with E-state index in [0.717, 1.165) is 12.8 Å². The average molecular weight is 426 g/mol. The van der Waals surface area contributed by atoms with Crippen molar-refractivity contribution in [2.75, 3.05) is 7.05 Å². The normalized spacial score (nSPS) is 25.4. The van der Waals surface area contributed by atoms with Crippen LogP contribution in [0.15, 0.2) is 0 Å². The van der Waals surface area contributed by atoms with Crippen LogP contribution in [0.4, 0.5) is 4.79 Å². The molecule has 172 valence electrons. The summed E-state index contributed by atoms with van der Waals surface area (Å²) < 4.78 is 10.7. The Morgan fingerprint density at radius 1 is 0.967 bits per heavy atom. The van der Waals surface area contributed by atoms with Crippen molar-refractivity contribution < 1.29 is 23.9 Å². The standard InChI is InChI=1S/C22H39N3O5/c1-21(2,3)29-19(27)17(24-20(28)30-22(4,5)6)10-11-18(26)23-14-12-15-8-9-16(13-14)25(15)7/h14-17H,8-13H2,1-7H3,(H,23,26)(H,24,28)/t14-,15+,16-,17-/m0/s1. The molecule has 2 aliphatic rings. The lowest BCUT2D eigenvalue weighted by Crippen LogP contribution is -2.49. The molecule has 2 heterocycles. The Morgan fingerprint density at radius 3 is 2.00 bits per heavy atom. The average Bonchev–Trinajstić information content (AvgIpc) is 2.77. The van der Waals surface area contributed by atoms with Gasteiger partial charge in [-0.3, -0.25) is 4.79 Å². The van der Waals surface area contributed by atoms with Gasteiger partial charge >= 0.3 is 12.1 Å². The summed E-state index contributed by atoms with van der Waals surface area (Å²) in [6, 6.07) is 0.304. The number of nitrogens with zero attached hydrogens (tertiary/aromatic N) is 1. The number of ether oxygens (including phenoxy) is 2. The molecular weight excluding hydrogens is 386 g/mol. The molecule has 2 bridgehead atoms. The lowest BCUT2D eigenvalue weighted by atomic mass is 9.97. The molecule has 2 saturated heterocycles. The van der Waals surface area contributed by atoms with E-state index in [1.807, 2.05) is 0 Å². The molecule has 2 aliphatic heterocycles. The highest BCUT2D eigenvalue weighted by Gasteiger charge is 2.39. The molecule has 0 aromatic carbocycles. The number of carbonyl (C=O) groups excluding carboxylic acids is 3. The monoisotopic (exact) mass is 425 g/mol. The molecule has 0 spiro atoms. The highest BCUT2D eigenvalue weighted by atomic mass is 16.6. The number of hydrogen-bond acceptors (Lipinski definition) is 6. The van der Waals surface area contributed by atoms with E-state index in [1.165, 1.54) is 12.8 Å². The molecule has 8 nitrogen and oxygen atoms in total. The summed E-state index contributed by atoms with van der Waals surface area (Å²) in [5.74, 6) is -0.679. The summed E-state index contributed by atoms with van der Waals surface area (Å²) in [4.78, 5) is 39.7. The Labute approximate surface area is 180 Å². The Kier molecular flexibility index (Phi) is 7.77. The zero-order valence-electron chi connectivity index (χ0n) is 19.5. The Morgan fingerprint density at radius 2 is 1.50 bits per heavy atom. The van der Waals surface area contributed by atoms with Crippen molar-refractivity contribution in [3.8, 4) is 0 Å². The van der Waals surface area contributed by atoms with Crippen LogP contribution in [0.5, 0.6) is 0 Å².